The quantitative estimate of drug-likeness (QED) is 0.350. The van der Waals surface area contributed by atoms with E-state index in [4.69, 9.17) is 26.2 Å². The Labute approximate surface area is 196 Å². The first-order valence-electron chi connectivity index (χ1n) is 9.45. The van der Waals surface area contributed by atoms with Gasteiger partial charge in [0.05, 0.1) is 23.3 Å². The first-order valence-corrected chi connectivity index (χ1v) is 11.4. The van der Waals surface area contributed by atoms with Crippen LogP contribution in [0.3, 0.4) is 0 Å². The zero-order valence-corrected chi connectivity index (χ0v) is 19.9. The summed E-state index contributed by atoms with van der Waals surface area (Å²) in [4.78, 5) is 0. The van der Waals surface area contributed by atoms with E-state index in [-0.39, 0.29) is 12.3 Å². The molecule has 30 heavy (non-hydrogen) atoms. The minimum absolute atomic E-state index is 0.0697. The summed E-state index contributed by atoms with van der Waals surface area (Å²) in [7, 11) is 1.66. The summed E-state index contributed by atoms with van der Waals surface area (Å²) in [6.45, 7) is 0. The summed E-state index contributed by atoms with van der Waals surface area (Å²) in [5, 5.41) is 7.77. The van der Waals surface area contributed by atoms with Crippen LogP contribution in [0.5, 0.6) is 11.5 Å². The van der Waals surface area contributed by atoms with Crippen LogP contribution in [0.2, 0.25) is 5.02 Å². The third-order valence-corrected chi connectivity index (χ3v) is 6.69. The van der Waals surface area contributed by atoms with E-state index in [9.17, 15) is 0 Å². The smallest absolute Gasteiger partial charge is 0.213 e. The number of hydrogen-bond acceptors (Lipinski definition) is 4. The summed E-state index contributed by atoms with van der Waals surface area (Å²) >= 11 is 13.4. The maximum absolute atomic E-state index is 6.48. The van der Waals surface area contributed by atoms with Gasteiger partial charge in [-0.05, 0) is 70.0 Å². The molecule has 2 aliphatic rings. The Kier molecular flexibility index (Phi) is 5.25. The van der Waals surface area contributed by atoms with Crippen LogP contribution in [0.15, 0.2) is 74.7 Å². The normalized spacial score (nSPS) is 19.6. The van der Waals surface area contributed by atoms with Gasteiger partial charge in [-0.15, -0.1) is 0 Å². The molecular weight excluding hydrogens is 532 g/mol. The Hall–Kier alpha value is -2.02. The molecule has 0 N–H and O–H groups in total. The Morgan fingerprint density at radius 3 is 2.50 bits per heavy atom. The lowest BCUT2D eigenvalue weighted by Gasteiger charge is -2.38. The van der Waals surface area contributed by atoms with E-state index in [2.05, 4.69) is 42.9 Å². The first kappa shape index (κ1) is 19.9. The van der Waals surface area contributed by atoms with E-state index in [0.29, 0.717) is 5.02 Å². The molecule has 3 aromatic carbocycles. The Morgan fingerprint density at radius 1 is 1.07 bits per heavy atom. The zero-order valence-electron chi connectivity index (χ0n) is 16.0. The van der Waals surface area contributed by atoms with Gasteiger partial charge in [-0.1, -0.05) is 39.7 Å². The fraction of sp³-hybridized carbons (Fsp3) is 0.174. The van der Waals surface area contributed by atoms with Gasteiger partial charge in [0.15, 0.2) is 0 Å². The number of rotatable bonds is 3. The highest BCUT2D eigenvalue weighted by Gasteiger charge is 2.41. The average molecular weight is 549 g/mol. The predicted molar refractivity (Wildman–Crippen MR) is 125 cm³/mol. The molecule has 0 spiro atoms. The molecule has 2 atom stereocenters. The fourth-order valence-corrected chi connectivity index (χ4v) is 5.40. The summed E-state index contributed by atoms with van der Waals surface area (Å²) in [5.41, 5.74) is 4.21. The SMILES string of the molecule is COc1ccc([C@H]2Oc3c(Br)cc(Br)cc3[C@@H]3CC(c4ccc(Cl)cc4)=NN23)cc1. The van der Waals surface area contributed by atoms with Gasteiger partial charge in [0.25, 0.3) is 0 Å². The second kappa shape index (κ2) is 7.91. The highest BCUT2D eigenvalue weighted by atomic mass is 79.9. The lowest BCUT2D eigenvalue weighted by Crippen LogP contribution is -2.33. The van der Waals surface area contributed by atoms with Crippen LogP contribution < -0.4 is 9.47 Å². The molecule has 0 aromatic heterocycles. The summed E-state index contributed by atoms with van der Waals surface area (Å²) in [6.07, 6.45) is 0.448. The molecule has 4 nitrogen and oxygen atoms in total. The van der Waals surface area contributed by atoms with E-state index in [1.807, 2.05) is 54.6 Å². The molecule has 152 valence electrons. The second-order valence-electron chi connectivity index (χ2n) is 7.20. The van der Waals surface area contributed by atoms with E-state index >= 15 is 0 Å². The van der Waals surface area contributed by atoms with Gasteiger partial charge in [0.2, 0.25) is 6.23 Å². The molecule has 0 fully saturated rings. The topological polar surface area (TPSA) is 34.1 Å². The Balaban J connectivity index is 1.60. The van der Waals surface area contributed by atoms with Gasteiger partial charge in [-0.3, -0.25) is 0 Å². The molecule has 0 unspecified atom stereocenters. The number of halogens is 3. The number of hydrazone groups is 1. The maximum Gasteiger partial charge on any atom is 0.213 e. The van der Waals surface area contributed by atoms with Gasteiger partial charge in [0, 0.05) is 27.0 Å². The molecule has 0 bridgehead atoms. The van der Waals surface area contributed by atoms with Gasteiger partial charge in [-0.2, -0.15) is 5.10 Å². The van der Waals surface area contributed by atoms with Crippen molar-refractivity contribution in [1.29, 1.82) is 0 Å². The molecule has 2 heterocycles. The van der Waals surface area contributed by atoms with Crippen molar-refractivity contribution in [3.63, 3.8) is 0 Å². The van der Waals surface area contributed by atoms with E-state index in [1.165, 1.54) is 0 Å². The lowest BCUT2D eigenvalue weighted by molar-refractivity contribution is -0.0197. The fourth-order valence-electron chi connectivity index (χ4n) is 3.92. The maximum atomic E-state index is 6.48. The number of ether oxygens (including phenoxy) is 2. The Bertz CT molecular complexity index is 1130. The zero-order chi connectivity index (χ0) is 20.8. The predicted octanol–water partition coefficient (Wildman–Crippen LogP) is 7.12. The second-order valence-corrected chi connectivity index (χ2v) is 9.41. The number of fused-ring (bicyclic) bond motifs is 3. The average Bonchev–Trinajstić information content (AvgIpc) is 3.20. The monoisotopic (exact) mass is 546 g/mol. The van der Waals surface area contributed by atoms with Crippen LogP contribution in [0.4, 0.5) is 0 Å². The number of nitrogens with zero attached hydrogens (tertiary/aromatic N) is 2. The van der Waals surface area contributed by atoms with Crippen LogP contribution in [0, 0.1) is 0 Å². The minimum atomic E-state index is -0.337. The van der Waals surface area contributed by atoms with Crippen molar-refractivity contribution in [3.8, 4) is 11.5 Å². The molecule has 5 rings (SSSR count). The van der Waals surface area contributed by atoms with Crippen molar-refractivity contribution in [2.24, 2.45) is 5.10 Å². The molecule has 0 saturated heterocycles. The van der Waals surface area contributed by atoms with Gasteiger partial charge >= 0.3 is 0 Å². The van der Waals surface area contributed by atoms with E-state index in [0.717, 1.165) is 49.3 Å². The van der Waals surface area contributed by atoms with Crippen LogP contribution in [-0.4, -0.2) is 17.8 Å². The lowest BCUT2D eigenvalue weighted by atomic mass is 9.96. The van der Waals surface area contributed by atoms with Crippen LogP contribution in [0.1, 0.15) is 35.4 Å². The highest BCUT2D eigenvalue weighted by molar-refractivity contribution is 9.11. The van der Waals surface area contributed by atoms with Gasteiger partial charge in [-0.25, -0.2) is 5.01 Å². The summed E-state index contributed by atoms with van der Waals surface area (Å²) in [5.74, 6) is 1.66. The Morgan fingerprint density at radius 2 is 1.80 bits per heavy atom. The first-order chi connectivity index (χ1) is 14.5. The largest absolute Gasteiger partial charge is 0.497 e. The van der Waals surface area contributed by atoms with Crippen LogP contribution in [0.25, 0.3) is 0 Å². The van der Waals surface area contributed by atoms with Gasteiger partial charge < -0.3 is 9.47 Å². The number of benzene rings is 3. The molecule has 2 aliphatic heterocycles. The van der Waals surface area contributed by atoms with Crippen molar-refractivity contribution < 1.29 is 9.47 Å². The molecule has 3 aromatic rings. The summed E-state index contributed by atoms with van der Waals surface area (Å²) in [6, 6.07) is 20.0. The third-order valence-electron chi connectivity index (χ3n) is 5.39. The molecule has 0 aliphatic carbocycles. The van der Waals surface area contributed by atoms with Crippen molar-refractivity contribution in [2.75, 3.05) is 7.11 Å². The van der Waals surface area contributed by atoms with Crippen LogP contribution in [-0.2, 0) is 0 Å². The minimum Gasteiger partial charge on any atom is -0.497 e. The van der Waals surface area contributed by atoms with Crippen molar-refractivity contribution in [3.05, 3.63) is 91.3 Å². The highest BCUT2D eigenvalue weighted by Crippen LogP contribution is 2.50. The van der Waals surface area contributed by atoms with Crippen molar-refractivity contribution >= 4 is 49.2 Å². The number of hydrogen-bond donors (Lipinski definition) is 0. The standard InChI is InChI=1S/C23H17Br2ClN2O2/c1-29-17-8-4-14(5-9-17)23-28-21(18-10-15(24)11-19(25)22(18)30-23)12-20(27-28)13-2-6-16(26)7-3-13/h2-11,21,23H,12H2,1H3/t21-,23+/m0/s1. The van der Waals surface area contributed by atoms with Crippen molar-refractivity contribution in [2.45, 2.75) is 18.7 Å². The molecular formula is C23H17Br2ClN2O2. The molecule has 0 radical (unpaired) electrons. The van der Waals surface area contributed by atoms with E-state index < -0.39 is 0 Å². The molecule has 0 saturated carbocycles. The van der Waals surface area contributed by atoms with Gasteiger partial charge in [0.1, 0.15) is 11.5 Å². The van der Waals surface area contributed by atoms with E-state index in [1.54, 1.807) is 7.11 Å². The summed E-state index contributed by atoms with van der Waals surface area (Å²) < 4.78 is 13.7. The number of methoxy groups -OCH3 is 1. The molecule has 7 heteroatoms. The third kappa shape index (κ3) is 3.51. The van der Waals surface area contributed by atoms with Crippen molar-refractivity contribution in [1.82, 2.24) is 5.01 Å². The molecule has 0 amide bonds. The van der Waals surface area contributed by atoms with Crippen LogP contribution >= 0.6 is 43.5 Å².